The number of benzene rings is 4. The van der Waals surface area contributed by atoms with Gasteiger partial charge in [-0.05, 0) is 131 Å². The second-order valence-electron chi connectivity index (χ2n) is 15.3. The zero-order chi connectivity index (χ0) is 44.2. The van der Waals surface area contributed by atoms with E-state index >= 15 is 0 Å². The van der Waals surface area contributed by atoms with E-state index in [1.165, 1.54) is 59.4 Å². The van der Waals surface area contributed by atoms with Crippen LogP contribution in [0, 0.1) is 53.5 Å². The number of aromatic nitrogens is 1. The van der Waals surface area contributed by atoms with Gasteiger partial charge in [-0.1, -0.05) is 70.0 Å². The predicted molar refractivity (Wildman–Crippen MR) is 254 cm³/mol. The summed E-state index contributed by atoms with van der Waals surface area (Å²) in [5.41, 5.74) is 12.0. The summed E-state index contributed by atoms with van der Waals surface area (Å²) < 4.78 is 0. The van der Waals surface area contributed by atoms with Crippen molar-refractivity contribution in [3.8, 4) is 0 Å². The molecule has 13 heteroatoms. The number of pyridine rings is 1. The number of hydrogen-bond acceptors (Lipinski definition) is 9. The first kappa shape index (κ1) is 47.3. The summed E-state index contributed by atoms with van der Waals surface area (Å²) in [6.07, 6.45) is 13.1. The Hall–Kier alpha value is -4.13. The molecule has 0 saturated heterocycles. The Kier molecular flexibility index (Phi) is 17.6. The molecule has 1 aromatic heterocycles. The van der Waals surface area contributed by atoms with Crippen LogP contribution in [-0.2, 0) is 37.5 Å². The van der Waals surface area contributed by atoms with Gasteiger partial charge in [0.2, 0.25) is 0 Å². The molecule has 5 heterocycles. The number of aryl methyl sites for hydroxylation is 3. The maximum atomic E-state index is 4.88. The second-order valence-corrected chi connectivity index (χ2v) is 15.3. The molecule has 0 bridgehead atoms. The zero-order valence-corrected chi connectivity index (χ0v) is 42.1. The molecule has 0 fully saturated rings. The van der Waals surface area contributed by atoms with Crippen LogP contribution in [0.1, 0.15) is 56.2 Å². The van der Waals surface area contributed by atoms with Crippen molar-refractivity contribution in [2.24, 2.45) is 0 Å². The van der Waals surface area contributed by atoms with Crippen LogP contribution in [-0.4, -0.2) is 30.0 Å². The van der Waals surface area contributed by atoms with Crippen molar-refractivity contribution in [3.63, 3.8) is 0 Å². The Bertz CT molecular complexity index is 2280. The van der Waals surface area contributed by atoms with Gasteiger partial charge in [-0.2, -0.15) is 18.9 Å². The monoisotopic (exact) mass is 1230 g/mol. The summed E-state index contributed by atoms with van der Waals surface area (Å²) in [7, 11) is 11.3. The van der Waals surface area contributed by atoms with E-state index in [1.54, 1.807) is 37.5 Å². The van der Waals surface area contributed by atoms with Gasteiger partial charge in [0.15, 0.2) is 0 Å². The van der Waals surface area contributed by atoms with Gasteiger partial charge in [-0.3, -0.25) is 0 Å². The number of halogens is 2. The molecule has 0 spiro atoms. The first-order valence-electron chi connectivity index (χ1n) is 20.7. The van der Waals surface area contributed by atoms with E-state index in [1.807, 2.05) is 60.4 Å². The Morgan fingerprint density at radius 3 is 1.94 bits per heavy atom. The van der Waals surface area contributed by atoms with Crippen molar-refractivity contribution in [2.75, 3.05) is 54.4 Å². The van der Waals surface area contributed by atoms with Gasteiger partial charge < -0.3 is 39.2 Å². The molecule has 9 nitrogen and oxygen atoms in total. The molecule has 0 atom stereocenters. The molecule has 0 aliphatic carbocycles. The number of para-hydroxylation sites is 3. The number of rotatable bonds is 11. The molecule has 4 aromatic carbocycles. The molecular formula is C49H54Cl2N9Pt2-5. The van der Waals surface area contributed by atoms with Gasteiger partial charge in [-0.25, -0.2) is 4.98 Å². The van der Waals surface area contributed by atoms with Gasteiger partial charge in [0, 0.05) is 28.4 Å². The number of hydrogen-bond donors (Lipinski definition) is 0. The van der Waals surface area contributed by atoms with Crippen LogP contribution < -0.4 is 34.3 Å². The maximum absolute atomic E-state index is 4.88. The van der Waals surface area contributed by atoms with Crippen LogP contribution in [0.5, 0.6) is 0 Å². The fourth-order valence-corrected chi connectivity index (χ4v) is 7.51. The third-order valence-corrected chi connectivity index (χ3v) is 10.9. The van der Waals surface area contributed by atoms with Gasteiger partial charge in [0.05, 0.1) is 0 Å². The summed E-state index contributed by atoms with van der Waals surface area (Å²) in [5, 5.41) is 0. The molecule has 4 aliphatic heterocycles. The summed E-state index contributed by atoms with van der Waals surface area (Å²) >= 11 is 3.22. The molecule has 62 heavy (non-hydrogen) atoms. The Labute approximate surface area is 400 Å². The van der Waals surface area contributed by atoms with E-state index in [4.69, 9.17) is 4.98 Å². The predicted octanol–water partition coefficient (Wildman–Crippen LogP) is 12.9. The summed E-state index contributed by atoms with van der Waals surface area (Å²) in [5.74, 6) is 1.77. The van der Waals surface area contributed by atoms with Crippen molar-refractivity contribution in [2.45, 2.75) is 60.3 Å². The van der Waals surface area contributed by atoms with E-state index in [-0.39, 0.29) is 0 Å². The van der Waals surface area contributed by atoms with Gasteiger partial charge in [-0.15, -0.1) is 42.9 Å². The molecule has 0 amide bonds. The van der Waals surface area contributed by atoms with Crippen LogP contribution >= 0.6 is 18.8 Å². The fraction of sp³-hybridized carbons (Fsp3) is 0.245. The van der Waals surface area contributed by atoms with Crippen LogP contribution in [0.15, 0.2) is 122 Å². The normalized spacial score (nSPS) is 14.7. The van der Waals surface area contributed by atoms with E-state index in [0.717, 1.165) is 47.5 Å². The van der Waals surface area contributed by atoms with E-state index in [0.29, 0.717) is 0 Å². The van der Waals surface area contributed by atoms with Crippen molar-refractivity contribution >= 4 is 70.3 Å². The topological polar surface area (TPSA) is 38.8 Å². The van der Waals surface area contributed by atoms with Crippen molar-refractivity contribution < 1.29 is 37.5 Å². The van der Waals surface area contributed by atoms with Crippen LogP contribution in [0.4, 0.5) is 51.4 Å². The van der Waals surface area contributed by atoms with Crippen LogP contribution in [0.2, 0.25) is 0 Å². The zero-order valence-electron chi connectivity index (χ0n) is 36.0. The number of unbranched alkanes of at least 4 members (excludes halogenated alkanes) is 2. The summed E-state index contributed by atoms with van der Waals surface area (Å²) in [6, 6.07) is 37.5. The summed E-state index contributed by atoms with van der Waals surface area (Å²) in [6.45, 7) is 21.7. The Balaban J connectivity index is 0.000000193. The second kappa shape index (κ2) is 23.0. The molecule has 4 aliphatic rings. The van der Waals surface area contributed by atoms with E-state index < -0.39 is 0 Å². The number of fused-ring (bicyclic) bond motifs is 2. The standard InChI is InChI=1S/C27H35N4.C22H19N5.2ClH.2Pt/c1-6-8-10-28-12-13-29(19-28)24-14-21(3)15-25(18-24)31-20-30(11-9-7-2)26-16-22(4)23(5)17-27(26)31;1-24-16-27(20-11-6-5-10-19(20)24)22-13-7-12-21(23-22)26-15-14-25(17-26)18-8-3-2-4-9-18;;;;/h12-17,19-20H,6-11H2,1-5H3;2-17H,1H3;2*1H;;/q-3;-2;;;2*+1/p-2. The molecule has 334 valence electrons. The third-order valence-electron chi connectivity index (χ3n) is 10.9. The quantitative estimate of drug-likeness (QED) is 0.120. The van der Waals surface area contributed by atoms with E-state index in [9.17, 15) is 0 Å². The molecule has 9 rings (SSSR count). The average Bonchev–Trinajstić information content (AvgIpc) is 4.14. The summed E-state index contributed by atoms with van der Waals surface area (Å²) in [4.78, 5) is 22.4. The Morgan fingerprint density at radius 2 is 1.19 bits per heavy atom. The van der Waals surface area contributed by atoms with E-state index in [2.05, 4.69) is 194 Å². The number of nitrogens with zero attached hydrogens (tertiary/aromatic N) is 9. The first-order chi connectivity index (χ1) is 30.3. The molecule has 5 aromatic rings. The molecule has 0 radical (unpaired) electrons. The molecule has 0 N–H and O–H groups in total. The van der Waals surface area contributed by atoms with Gasteiger partial charge in [0.1, 0.15) is 11.6 Å². The van der Waals surface area contributed by atoms with Gasteiger partial charge >= 0.3 is 56.4 Å². The van der Waals surface area contributed by atoms with Crippen LogP contribution in [0.3, 0.4) is 0 Å². The first-order valence-corrected chi connectivity index (χ1v) is 26.4. The van der Waals surface area contributed by atoms with Gasteiger partial charge in [0.25, 0.3) is 0 Å². The van der Waals surface area contributed by atoms with Crippen LogP contribution in [0.25, 0.3) is 0 Å². The average molecular weight is 1230 g/mol. The Morgan fingerprint density at radius 1 is 0.565 bits per heavy atom. The SMILES string of the molecule is CCCCN1C=CN(c2[c-]c(N3[CH-]N(CCCC)c4cc(C)c(C)cc43)cc(C)c2)[CH-]1.CN1[CH-]N(c2cccc(N3C=CN(c4ccccc4)[CH-]3)n2)c2ccccc21.[Cl][Pt].[Cl][Pt]. The van der Waals surface area contributed by atoms with Crippen molar-refractivity contribution in [1.29, 1.82) is 0 Å². The molecular weight excluding hydrogens is 1180 g/mol. The third kappa shape index (κ3) is 11.1. The minimum atomic E-state index is 0.877. The number of anilines is 9. The van der Waals surface area contributed by atoms with Crippen molar-refractivity contribution in [1.82, 2.24) is 9.88 Å². The molecule has 0 unspecified atom stereocenters. The fourth-order valence-electron chi connectivity index (χ4n) is 7.51. The van der Waals surface area contributed by atoms with Crippen molar-refractivity contribution in [3.05, 3.63) is 171 Å². The molecule has 0 saturated carbocycles. The minimum absolute atomic E-state index is 0.877.